The van der Waals surface area contributed by atoms with E-state index in [1.165, 1.54) is 23.0 Å². The van der Waals surface area contributed by atoms with E-state index in [0.717, 1.165) is 5.56 Å². The van der Waals surface area contributed by atoms with Crippen molar-refractivity contribution >= 4 is 17.9 Å². The summed E-state index contributed by atoms with van der Waals surface area (Å²) in [7, 11) is 6.33. The lowest BCUT2D eigenvalue weighted by molar-refractivity contribution is -0.135. The van der Waals surface area contributed by atoms with Gasteiger partial charge in [0.05, 0.1) is 13.7 Å². The van der Waals surface area contributed by atoms with E-state index in [1.807, 2.05) is 6.07 Å². The molecule has 0 aromatic heterocycles. The third-order valence-electron chi connectivity index (χ3n) is 3.15. The van der Waals surface area contributed by atoms with Crippen molar-refractivity contribution in [1.29, 1.82) is 5.26 Å². The van der Waals surface area contributed by atoms with Gasteiger partial charge in [0.2, 0.25) is 11.8 Å². The third-order valence-corrected chi connectivity index (χ3v) is 3.15. The molecule has 0 fully saturated rings. The van der Waals surface area contributed by atoms with Gasteiger partial charge in [-0.2, -0.15) is 5.26 Å². The van der Waals surface area contributed by atoms with Crippen molar-refractivity contribution in [3.05, 3.63) is 29.8 Å². The molecule has 0 aliphatic carbocycles. The Bertz CT molecular complexity index is 662. The molecule has 0 radical (unpaired) electrons. The van der Waals surface area contributed by atoms with Crippen LogP contribution in [-0.4, -0.2) is 63.0 Å². The van der Waals surface area contributed by atoms with Gasteiger partial charge in [0.25, 0.3) is 0 Å². The molecule has 0 aliphatic heterocycles. The van der Waals surface area contributed by atoms with E-state index in [0.29, 0.717) is 11.5 Å². The first-order valence-corrected chi connectivity index (χ1v) is 7.20. The fraction of sp³-hybridized carbons (Fsp3) is 0.353. The summed E-state index contributed by atoms with van der Waals surface area (Å²) in [6.45, 7) is -0.0604. The summed E-state index contributed by atoms with van der Waals surface area (Å²) in [6, 6.07) is 6.99. The average Bonchev–Trinajstić information content (AvgIpc) is 2.57. The summed E-state index contributed by atoms with van der Waals surface area (Å²) < 4.78 is 10.4. The minimum atomic E-state index is -0.283. The van der Waals surface area contributed by atoms with Crippen molar-refractivity contribution in [3.8, 4) is 17.6 Å². The smallest absolute Gasteiger partial charge is 0.246 e. The maximum absolute atomic E-state index is 12.0. The van der Waals surface area contributed by atoms with Crippen molar-refractivity contribution < 1.29 is 19.1 Å². The Hall–Kier alpha value is -3.01. The van der Waals surface area contributed by atoms with Gasteiger partial charge < -0.3 is 19.3 Å². The summed E-state index contributed by atoms with van der Waals surface area (Å²) in [4.78, 5) is 26.4. The molecule has 0 bridgehead atoms. The number of carbonyl (C=O) groups is 2. The Morgan fingerprint density at radius 3 is 2.54 bits per heavy atom. The molecule has 0 N–H and O–H groups in total. The van der Waals surface area contributed by atoms with Crippen LogP contribution >= 0.6 is 0 Å². The molecule has 0 heterocycles. The molecule has 1 aromatic rings. The molecule has 24 heavy (non-hydrogen) atoms. The molecule has 1 rings (SSSR count). The second-order valence-electron chi connectivity index (χ2n) is 5.17. The van der Waals surface area contributed by atoms with Crippen molar-refractivity contribution in [1.82, 2.24) is 9.80 Å². The molecular weight excluding hydrogens is 310 g/mol. The Morgan fingerprint density at radius 2 is 1.96 bits per heavy atom. The predicted molar refractivity (Wildman–Crippen MR) is 89.5 cm³/mol. The van der Waals surface area contributed by atoms with Crippen LogP contribution in [0.25, 0.3) is 6.08 Å². The van der Waals surface area contributed by atoms with Crippen molar-refractivity contribution in [2.24, 2.45) is 0 Å². The van der Waals surface area contributed by atoms with Gasteiger partial charge in [-0.1, -0.05) is 6.07 Å². The van der Waals surface area contributed by atoms with Crippen LogP contribution in [0.2, 0.25) is 0 Å². The van der Waals surface area contributed by atoms with Crippen LogP contribution in [0.4, 0.5) is 0 Å². The van der Waals surface area contributed by atoms with Gasteiger partial charge >= 0.3 is 0 Å². The van der Waals surface area contributed by atoms with E-state index in [2.05, 4.69) is 0 Å². The van der Waals surface area contributed by atoms with Crippen LogP contribution < -0.4 is 9.47 Å². The van der Waals surface area contributed by atoms with Crippen LogP contribution in [0, 0.1) is 11.3 Å². The van der Waals surface area contributed by atoms with Crippen LogP contribution in [-0.2, 0) is 9.59 Å². The van der Waals surface area contributed by atoms with E-state index in [1.54, 1.807) is 45.4 Å². The second-order valence-corrected chi connectivity index (χ2v) is 5.17. The van der Waals surface area contributed by atoms with Crippen molar-refractivity contribution in [3.63, 3.8) is 0 Å². The quantitative estimate of drug-likeness (QED) is 0.700. The molecule has 7 heteroatoms. The first-order chi connectivity index (χ1) is 11.4. The molecule has 0 spiro atoms. The van der Waals surface area contributed by atoms with Gasteiger partial charge in [0.1, 0.15) is 6.07 Å². The van der Waals surface area contributed by atoms with E-state index in [4.69, 9.17) is 14.7 Å². The van der Waals surface area contributed by atoms with Crippen LogP contribution in [0.3, 0.4) is 0 Å². The maximum atomic E-state index is 12.0. The van der Waals surface area contributed by atoms with Crippen LogP contribution in [0.5, 0.6) is 11.5 Å². The molecule has 128 valence electrons. The van der Waals surface area contributed by atoms with E-state index >= 15 is 0 Å². The topological polar surface area (TPSA) is 82.9 Å². The number of benzene rings is 1. The number of methoxy groups -OCH3 is 1. The number of likely N-dealkylation sites (N-methyl/N-ethyl adjacent to an activating group) is 2. The zero-order valence-electron chi connectivity index (χ0n) is 14.3. The Balaban J connectivity index is 2.77. The Labute approximate surface area is 141 Å². The summed E-state index contributed by atoms with van der Waals surface area (Å²) in [5.74, 6) is 0.487. The fourth-order valence-corrected chi connectivity index (χ4v) is 1.73. The number of amides is 2. The minimum absolute atomic E-state index is 0.0143. The van der Waals surface area contributed by atoms with E-state index < -0.39 is 0 Å². The standard InChI is InChI=1S/C17H21N3O4/c1-19(2)17(22)12-20(3)16(21)8-6-13-5-7-14(24-10-9-18)15(11-13)23-4/h5-8,11H,10,12H2,1-4H3/b8-6+. The molecule has 0 saturated heterocycles. The molecule has 2 amide bonds. The lowest BCUT2D eigenvalue weighted by atomic mass is 10.2. The summed E-state index contributed by atoms with van der Waals surface area (Å²) in [6.07, 6.45) is 3.00. The van der Waals surface area contributed by atoms with Gasteiger partial charge in [-0.05, 0) is 23.8 Å². The Morgan fingerprint density at radius 1 is 1.25 bits per heavy atom. The largest absolute Gasteiger partial charge is 0.493 e. The second kappa shape index (κ2) is 9.20. The van der Waals surface area contributed by atoms with Gasteiger partial charge in [-0.3, -0.25) is 9.59 Å². The summed E-state index contributed by atoms with van der Waals surface area (Å²) >= 11 is 0. The highest BCUT2D eigenvalue weighted by Crippen LogP contribution is 2.28. The van der Waals surface area contributed by atoms with Crippen LogP contribution in [0.15, 0.2) is 24.3 Å². The van der Waals surface area contributed by atoms with E-state index in [9.17, 15) is 9.59 Å². The average molecular weight is 331 g/mol. The number of hydrogen-bond acceptors (Lipinski definition) is 5. The van der Waals surface area contributed by atoms with E-state index in [-0.39, 0.29) is 25.0 Å². The molecular formula is C17H21N3O4. The first-order valence-electron chi connectivity index (χ1n) is 7.20. The number of rotatable bonds is 7. The SMILES string of the molecule is COc1cc(/C=C/C(=O)N(C)CC(=O)N(C)C)ccc1OCC#N. The predicted octanol–water partition coefficient (Wildman–Crippen LogP) is 1.16. The fourth-order valence-electron chi connectivity index (χ4n) is 1.73. The van der Waals surface area contributed by atoms with Crippen molar-refractivity contribution in [2.75, 3.05) is 41.4 Å². The van der Waals surface area contributed by atoms with Gasteiger partial charge in [-0.15, -0.1) is 0 Å². The summed E-state index contributed by atoms with van der Waals surface area (Å²) in [5.41, 5.74) is 0.733. The highest BCUT2D eigenvalue weighted by molar-refractivity contribution is 5.94. The number of nitrogens with zero attached hydrogens (tertiary/aromatic N) is 3. The number of ether oxygens (including phenoxy) is 2. The molecule has 0 atom stereocenters. The Kier molecular flexibility index (Phi) is 7.30. The number of hydrogen-bond donors (Lipinski definition) is 0. The zero-order chi connectivity index (χ0) is 18.1. The first kappa shape index (κ1) is 19.0. The van der Waals surface area contributed by atoms with Gasteiger partial charge in [0, 0.05) is 27.2 Å². The number of nitriles is 1. The molecule has 0 saturated carbocycles. The molecule has 7 nitrogen and oxygen atoms in total. The third kappa shape index (κ3) is 5.65. The molecule has 1 aromatic carbocycles. The lowest BCUT2D eigenvalue weighted by Gasteiger charge is -2.17. The lowest BCUT2D eigenvalue weighted by Crippen LogP contribution is -2.36. The number of carbonyl (C=O) groups excluding carboxylic acids is 2. The van der Waals surface area contributed by atoms with Crippen LogP contribution in [0.1, 0.15) is 5.56 Å². The maximum Gasteiger partial charge on any atom is 0.246 e. The highest BCUT2D eigenvalue weighted by atomic mass is 16.5. The minimum Gasteiger partial charge on any atom is -0.493 e. The molecule has 0 aliphatic rings. The molecule has 0 unspecified atom stereocenters. The zero-order valence-corrected chi connectivity index (χ0v) is 14.3. The van der Waals surface area contributed by atoms with Gasteiger partial charge in [-0.25, -0.2) is 0 Å². The highest BCUT2D eigenvalue weighted by Gasteiger charge is 2.12. The van der Waals surface area contributed by atoms with Gasteiger partial charge in [0.15, 0.2) is 18.1 Å². The normalized spacial score (nSPS) is 10.1. The monoisotopic (exact) mass is 331 g/mol. The summed E-state index contributed by atoms with van der Waals surface area (Å²) in [5, 5.41) is 8.54. The van der Waals surface area contributed by atoms with Crippen molar-refractivity contribution in [2.45, 2.75) is 0 Å².